The van der Waals surface area contributed by atoms with Crippen LogP contribution in [0.25, 0.3) is 10.9 Å². The molecule has 2 heterocycles. The second kappa shape index (κ2) is 4.73. The third kappa shape index (κ3) is 2.15. The highest BCUT2D eigenvalue weighted by Gasteiger charge is 2.20. The van der Waals surface area contributed by atoms with E-state index in [4.69, 9.17) is 5.10 Å². The fourth-order valence-electron chi connectivity index (χ4n) is 3.13. The van der Waals surface area contributed by atoms with Crippen molar-refractivity contribution in [3.8, 4) is 0 Å². The molecule has 1 aliphatic rings. The maximum absolute atomic E-state index is 4.71. The van der Waals surface area contributed by atoms with Gasteiger partial charge in [-0.15, -0.1) is 0 Å². The van der Waals surface area contributed by atoms with Crippen LogP contribution in [0, 0.1) is 5.92 Å². The summed E-state index contributed by atoms with van der Waals surface area (Å²) in [5.74, 6) is 0.777. The summed E-state index contributed by atoms with van der Waals surface area (Å²) in [6, 6.07) is 9.19. The number of nitrogens with one attached hydrogen (secondary N) is 1. The van der Waals surface area contributed by atoms with Gasteiger partial charge >= 0.3 is 0 Å². The fraction of sp³-hybridized carbons (Fsp3) is 0.533. The molecule has 2 atom stereocenters. The number of rotatable bonds is 2. The van der Waals surface area contributed by atoms with Crippen molar-refractivity contribution in [1.29, 1.82) is 0 Å². The highest BCUT2D eigenvalue weighted by Crippen LogP contribution is 2.25. The lowest BCUT2D eigenvalue weighted by Gasteiger charge is -2.27. The number of nitrogens with zero attached hydrogens (tertiary/aromatic N) is 2. The zero-order chi connectivity index (χ0) is 12.5. The molecule has 3 heteroatoms. The predicted molar refractivity (Wildman–Crippen MR) is 74.6 cm³/mol. The number of para-hydroxylation sites is 1. The number of hydrogen-bond donors (Lipinski definition) is 1. The number of fused-ring (bicyclic) bond motifs is 1. The maximum Gasteiger partial charge on any atom is 0.0706 e. The van der Waals surface area contributed by atoms with Gasteiger partial charge in [-0.25, -0.2) is 0 Å². The standard InChI is InChI=1S/C15H21N3/c1-11-9-12(7-8-16-11)10-14-13-5-3-4-6-15(13)18(2)17-14/h3-6,11-12,16H,7-10H2,1-2H3. The van der Waals surface area contributed by atoms with Crippen LogP contribution in [0.15, 0.2) is 24.3 Å². The molecular weight excluding hydrogens is 222 g/mol. The van der Waals surface area contributed by atoms with Gasteiger partial charge in [-0.1, -0.05) is 18.2 Å². The molecule has 0 aliphatic carbocycles. The Hall–Kier alpha value is -1.35. The van der Waals surface area contributed by atoms with E-state index in [1.807, 2.05) is 11.7 Å². The highest BCUT2D eigenvalue weighted by molar-refractivity contribution is 5.81. The molecule has 0 spiro atoms. The number of aromatic nitrogens is 2. The van der Waals surface area contributed by atoms with Crippen LogP contribution in [0.5, 0.6) is 0 Å². The minimum atomic E-state index is 0.652. The van der Waals surface area contributed by atoms with Gasteiger partial charge in [0.25, 0.3) is 0 Å². The first-order chi connectivity index (χ1) is 8.74. The number of aryl methyl sites for hydroxylation is 1. The van der Waals surface area contributed by atoms with Gasteiger partial charge in [0.1, 0.15) is 0 Å². The lowest BCUT2D eigenvalue weighted by molar-refractivity contribution is 0.312. The van der Waals surface area contributed by atoms with Crippen molar-refractivity contribution < 1.29 is 0 Å². The SMILES string of the molecule is CC1CC(Cc2nn(C)c3ccccc23)CCN1. The molecule has 1 saturated heterocycles. The van der Waals surface area contributed by atoms with Crippen LogP contribution in [0.2, 0.25) is 0 Å². The Morgan fingerprint density at radius 2 is 2.22 bits per heavy atom. The van der Waals surface area contributed by atoms with Crippen LogP contribution < -0.4 is 5.32 Å². The van der Waals surface area contributed by atoms with Crippen molar-refractivity contribution in [2.75, 3.05) is 6.54 Å². The Morgan fingerprint density at radius 1 is 1.39 bits per heavy atom. The molecular formula is C15H21N3. The van der Waals surface area contributed by atoms with E-state index in [9.17, 15) is 0 Å². The van der Waals surface area contributed by atoms with Crippen molar-refractivity contribution in [3.05, 3.63) is 30.0 Å². The summed E-state index contributed by atoms with van der Waals surface area (Å²) in [6.07, 6.45) is 3.66. The summed E-state index contributed by atoms with van der Waals surface area (Å²) in [4.78, 5) is 0. The van der Waals surface area contributed by atoms with E-state index in [1.54, 1.807) is 0 Å². The minimum absolute atomic E-state index is 0.652. The Labute approximate surface area is 108 Å². The second-order valence-electron chi connectivity index (χ2n) is 5.54. The van der Waals surface area contributed by atoms with Crippen LogP contribution in [-0.2, 0) is 13.5 Å². The van der Waals surface area contributed by atoms with Gasteiger partial charge in [0, 0.05) is 18.5 Å². The van der Waals surface area contributed by atoms with Crippen molar-refractivity contribution in [1.82, 2.24) is 15.1 Å². The van der Waals surface area contributed by atoms with E-state index >= 15 is 0 Å². The average Bonchev–Trinajstić information content (AvgIpc) is 2.67. The number of piperidine rings is 1. The quantitative estimate of drug-likeness (QED) is 0.878. The third-order valence-corrected chi connectivity index (χ3v) is 4.05. The molecule has 2 unspecified atom stereocenters. The molecule has 0 amide bonds. The van der Waals surface area contributed by atoms with E-state index in [-0.39, 0.29) is 0 Å². The summed E-state index contributed by atoms with van der Waals surface area (Å²) in [7, 11) is 2.04. The first kappa shape index (κ1) is 11.7. The second-order valence-corrected chi connectivity index (χ2v) is 5.54. The van der Waals surface area contributed by atoms with Gasteiger partial charge in [-0.2, -0.15) is 5.10 Å². The van der Waals surface area contributed by atoms with E-state index < -0.39 is 0 Å². The van der Waals surface area contributed by atoms with Crippen molar-refractivity contribution in [3.63, 3.8) is 0 Å². The minimum Gasteiger partial charge on any atom is -0.314 e. The molecule has 1 fully saturated rings. The Morgan fingerprint density at radius 3 is 3.06 bits per heavy atom. The Kier molecular flexibility index (Phi) is 3.08. The predicted octanol–water partition coefficient (Wildman–Crippen LogP) is 2.50. The van der Waals surface area contributed by atoms with E-state index in [0.29, 0.717) is 6.04 Å². The number of benzene rings is 1. The summed E-state index contributed by atoms with van der Waals surface area (Å²) in [6.45, 7) is 3.43. The summed E-state index contributed by atoms with van der Waals surface area (Å²) in [5.41, 5.74) is 2.52. The fourth-order valence-corrected chi connectivity index (χ4v) is 3.13. The largest absolute Gasteiger partial charge is 0.314 e. The Balaban J connectivity index is 1.86. The van der Waals surface area contributed by atoms with Gasteiger partial charge in [0.15, 0.2) is 0 Å². The molecule has 1 N–H and O–H groups in total. The lowest BCUT2D eigenvalue weighted by Crippen LogP contribution is -2.36. The summed E-state index contributed by atoms with van der Waals surface area (Å²) >= 11 is 0. The molecule has 0 saturated carbocycles. The molecule has 2 aromatic rings. The van der Waals surface area contributed by atoms with Crippen LogP contribution in [-0.4, -0.2) is 22.4 Å². The molecule has 0 radical (unpaired) electrons. The van der Waals surface area contributed by atoms with Crippen LogP contribution >= 0.6 is 0 Å². The smallest absolute Gasteiger partial charge is 0.0706 e. The monoisotopic (exact) mass is 243 g/mol. The normalized spacial score (nSPS) is 24.6. The van der Waals surface area contributed by atoms with Gasteiger partial charge in [-0.05, 0) is 44.7 Å². The zero-order valence-corrected chi connectivity index (χ0v) is 11.2. The first-order valence-electron chi connectivity index (χ1n) is 6.88. The highest BCUT2D eigenvalue weighted by atomic mass is 15.3. The molecule has 1 aromatic carbocycles. The molecule has 18 heavy (non-hydrogen) atoms. The molecule has 3 rings (SSSR count). The van der Waals surface area contributed by atoms with Crippen LogP contribution in [0.3, 0.4) is 0 Å². The average molecular weight is 243 g/mol. The van der Waals surface area contributed by atoms with Crippen molar-refractivity contribution in [2.24, 2.45) is 13.0 Å². The third-order valence-electron chi connectivity index (χ3n) is 4.05. The molecule has 1 aromatic heterocycles. The topological polar surface area (TPSA) is 29.9 Å². The van der Waals surface area contributed by atoms with Gasteiger partial charge in [0.05, 0.1) is 11.2 Å². The summed E-state index contributed by atoms with van der Waals surface area (Å²) < 4.78 is 2.01. The zero-order valence-electron chi connectivity index (χ0n) is 11.2. The van der Waals surface area contributed by atoms with E-state index in [0.717, 1.165) is 18.9 Å². The van der Waals surface area contributed by atoms with Crippen molar-refractivity contribution >= 4 is 10.9 Å². The maximum atomic E-state index is 4.71. The Bertz CT molecular complexity index is 544. The van der Waals surface area contributed by atoms with Gasteiger partial charge in [0.2, 0.25) is 0 Å². The van der Waals surface area contributed by atoms with E-state index in [2.05, 4.69) is 36.5 Å². The number of hydrogen-bond acceptors (Lipinski definition) is 2. The van der Waals surface area contributed by atoms with Gasteiger partial charge in [-0.3, -0.25) is 4.68 Å². The van der Waals surface area contributed by atoms with Crippen molar-refractivity contribution in [2.45, 2.75) is 32.2 Å². The molecule has 1 aliphatic heterocycles. The van der Waals surface area contributed by atoms with Crippen LogP contribution in [0.1, 0.15) is 25.5 Å². The molecule has 0 bridgehead atoms. The van der Waals surface area contributed by atoms with Crippen LogP contribution in [0.4, 0.5) is 0 Å². The lowest BCUT2D eigenvalue weighted by atomic mass is 9.89. The molecule has 3 nitrogen and oxygen atoms in total. The van der Waals surface area contributed by atoms with Gasteiger partial charge < -0.3 is 5.32 Å². The van der Waals surface area contributed by atoms with E-state index in [1.165, 1.54) is 29.4 Å². The summed E-state index contributed by atoms with van der Waals surface area (Å²) in [5, 5.41) is 9.54. The molecule has 96 valence electrons. The first-order valence-corrected chi connectivity index (χ1v) is 6.88.